The second-order valence-corrected chi connectivity index (χ2v) is 10.8. The zero-order chi connectivity index (χ0) is 25.8. The highest BCUT2D eigenvalue weighted by Gasteiger charge is 2.30. The molecule has 9 nitrogen and oxygen atoms in total. The third-order valence-corrected chi connectivity index (χ3v) is 7.86. The summed E-state index contributed by atoms with van der Waals surface area (Å²) in [6.45, 7) is 1.03. The highest BCUT2D eigenvalue weighted by atomic mass is 35.5. The second kappa shape index (κ2) is 11.8. The summed E-state index contributed by atoms with van der Waals surface area (Å²) in [4.78, 5) is 30.4. The number of hydrogen-bond acceptors (Lipinski definition) is 6. The normalized spacial score (nSPS) is 23.4. The molecule has 3 heterocycles. The summed E-state index contributed by atoms with van der Waals surface area (Å²) < 4.78 is 3.36. The third-order valence-electron chi connectivity index (χ3n) is 7.45. The summed E-state index contributed by atoms with van der Waals surface area (Å²) in [6.07, 6.45) is 11.3. The molecule has 37 heavy (non-hydrogen) atoms. The van der Waals surface area contributed by atoms with E-state index in [-0.39, 0.29) is 28.7 Å². The lowest BCUT2D eigenvalue weighted by Gasteiger charge is -2.35. The van der Waals surface area contributed by atoms with Crippen molar-refractivity contribution >= 4 is 29.1 Å². The van der Waals surface area contributed by atoms with Crippen molar-refractivity contribution in [3.63, 3.8) is 0 Å². The largest absolute Gasteiger partial charge is 0.355 e. The number of amides is 1. The number of halogens is 2. The number of carbonyl (C=O) groups excluding carboxylic acids is 1. The summed E-state index contributed by atoms with van der Waals surface area (Å²) in [5, 5.41) is 15.1. The molecule has 196 valence electrons. The van der Waals surface area contributed by atoms with Gasteiger partial charge in [0.2, 0.25) is 5.91 Å². The van der Waals surface area contributed by atoms with E-state index in [2.05, 4.69) is 20.9 Å². The number of carbonyl (C=O) groups is 1. The van der Waals surface area contributed by atoms with Crippen LogP contribution in [0.5, 0.6) is 0 Å². The van der Waals surface area contributed by atoms with Crippen LogP contribution in [0.4, 0.5) is 0 Å². The van der Waals surface area contributed by atoms with Crippen molar-refractivity contribution in [1.82, 2.24) is 35.2 Å². The van der Waals surface area contributed by atoms with Gasteiger partial charge in [-0.1, -0.05) is 47.7 Å². The van der Waals surface area contributed by atoms with Gasteiger partial charge in [0.1, 0.15) is 0 Å². The Hall–Kier alpha value is -2.75. The van der Waals surface area contributed by atoms with Gasteiger partial charge in [-0.2, -0.15) is 0 Å². The first kappa shape index (κ1) is 25.9. The molecule has 1 aliphatic heterocycles. The van der Waals surface area contributed by atoms with Gasteiger partial charge in [0.25, 0.3) is 5.56 Å². The molecule has 11 heteroatoms. The zero-order valence-corrected chi connectivity index (χ0v) is 22.1. The average Bonchev–Trinajstić information content (AvgIpc) is 3.33. The Labute approximate surface area is 225 Å². The molecule has 0 radical (unpaired) electrons. The van der Waals surface area contributed by atoms with Crippen molar-refractivity contribution in [2.45, 2.75) is 63.5 Å². The minimum absolute atomic E-state index is 0.0578. The Bertz CT molecular complexity index is 1310. The molecule has 2 aromatic heterocycles. The molecular formula is C26H31Cl2N7O2. The Morgan fingerprint density at radius 3 is 2.70 bits per heavy atom. The molecule has 0 spiro atoms. The van der Waals surface area contributed by atoms with E-state index in [4.69, 9.17) is 28.2 Å². The van der Waals surface area contributed by atoms with Crippen LogP contribution in [0.3, 0.4) is 0 Å². The summed E-state index contributed by atoms with van der Waals surface area (Å²) in [7, 11) is 0. The summed E-state index contributed by atoms with van der Waals surface area (Å²) in [5.41, 5.74) is 1.78. The molecule has 1 saturated heterocycles. The fourth-order valence-corrected chi connectivity index (χ4v) is 5.93. The lowest BCUT2D eigenvalue weighted by atomic mass is 9.79. The van der Waals surface area contributed by atoms with Crippen LogP contribution in [-0.4, -0.2) is 49.6 Å². The summed E-state index contributed by atoms with van der Waals surface area (Å²) in [5.74, 6) is 0.405. The van der Waals surface area contributed by atoms with Crippen LogP contribution in [0.2, 0.25) is 10.2 Å². The minimum Gasteiger partial charge on any atom is -0.355 e. The molecule has 1 aromatic carbocycles. The number of rotatable bonds is 3. The third kappa shape index (κ3) is 6.22. The van der Waals surface area contributed by atoms with Crippen molar-refractivity contribution in [1.29, 1.82) is 0 Å². The van der Waals surface area contributed by atoms with Gasteiger partial charge >= 0.3 is 0 Å². The first-order valence-corrected chi connectivity index (χ1v) is 13.7. The standard InChI is InChI=1S/C26H31Cl2N7O2/c27-18-8-9-23(35-15-24(28)32-33-35)20(12-18)21-13-26(37)34(16-31-21)22-7-2-1-3-10-29-25(36)14-30-19-6-4-5-17(22)11-19/h8-9,12-13,15-17,19,22,30H,1-7,10-11,14H2,(H,29,36). The SMILES string of the molecule is O=C1CNC2CCCC(C2)C(n2cnc(-c3cc(Cl)ccc3-n3cc(Cl)nn3)cc2=O)CCCCCN1. The monoisotopic (exact) mass is 543 g/mol. The van der Waals surface area contributed by atoms with Gasteiger partial charge in [0, 0.05) is 35.3 Å². The molecule has 2 fully saturated rings. The maximum atomic E-state index is 13.5. The maximum absolute atomic E-state index is 13.5. The van der Waals surface area contributed by atoms with Gasteiger partial charge in [-0.3, -0.25) is 14.2 Å². The van der Waals surface area contributed by atoms with Crippen LogP contribution in [-0.2, 0) is 4.79 Å². The van der Waals surface area contributed by atoms with E-state index >= 15 is 0 Å². The van der Waals surface area contributed by atoms with Crippen LogP contribution in [0.25, 0.3) is 16.9 Å². The highest BCUT2D eigenvalue weighted by molar-refractivity contribution is 6.31. The van der Waals surface area contributed by atoms with E-state index in [1.54, 1.807) is 41.5 Å². The zero-order valence-electron chi connectivity index (χ0n) is 20.6. The fraction of sp³-hybridized carbons (Fsp3) is 0.500. The second-order valence-electron chi connectivity index (χ2n) is 9.94. The molecule has 5 rings (SSSR count). The van der Waals surface area contributed by atoms with Gasteiger partial charge in [-0.05, 0) is 56.2 Å². The van der Waals surface area contributed by atoms with Gasteiger partial charge < -0.3 is 10.6 Å². The number of benzene rings is 1. The van der Waals surface area contributed by atoms with Crippen LogP contribution >= 0.6 is 23.2 Å². The minimum atomic E-state index is -0.0891. The van der Waals surface area contributed by atoms with Crippen LogP contribution in [0.15, 0.2) is 41.6 Å². The Morgan fingerprint density at radius 1 is 1.00 bits per heavy atom. The highest BCUT2D eigenvalue weighted by Crippen LogP contribution is 2.36. The van der Waals surface area contributed by atoms with Gasteiger partial charge in [0.15, 0.2) is 5.15 Å². The van der Waals surface area contributed by atoms with Crippen molar-refractivity contribution in [3.05, 3.63) is 57.3 Å². The molecule has 3 unspecified atom stereocenters. The predicted octanol–water partition coefficient (Wildman–Crippen LogP) is 4.18. The predicted molar refractivity (Wildman–Crippen MR) is 143 cm³/mol. The first-order chi connectivity index (χ1) is 18.0. The number of aromatic nitrogens is 5. The Balaban J connectivity index is 1.46. The maximum Gasteiger partial charge on any atom is 0.254 e. The Kier molecular flexibility index (Phi) is 8.22. The van der Waals surface area contributed by atoms with Crippen LogP contribution in [0, 0.1) is 5.92 Å². The number of hydrogen-bond donors (Lipinski definition) is 2. The lowest BCUT2D eigenvalue weighted by molar-refractivity contribution is -0.120. The van der Waals surface area contributed by atoms with E-state index in [1.165, 1.54) is 0 Å². The van der Waals surface area contributed by atoms with Crippen molar-refractivity contribution in [3.8, 4) is 16.9 Å². The van der Waals surface area contributed by atoms with E-state index in [1.807, 2.05) is 4.57 Å². The molecule has 3 atom stereocenters. The lowest BCUT2D eigenvalue weighted by Crippen LogP contribution is -2.43. The van der Waals surface area contributed by atoms with Gasteiger partial charge in [-0.25, -0.2) is 9.67 Å². The van der Waals surface area contributed by atoms with E-state index in [0.29, 0.717) is 41.0 Å². The van der Waals surface area contributed by atoms with E-state index in [0.717, 1.165) is 51.4 Å². The smallest absolute Gasteiger partial charge is 0.254 e. The topological polar surface area (TPSA) is 107 Å². The average molecular weight is 544 g/mol. The van der Waals surface area contributed by atoms with Gasteiger partial charge in [0.05, 0.1) is 30.5 Å². The summed E-state index contributed by atoms with van der Waals surface area (Å²) >= 11 is 12.3. The van der Waals surface area contributed by atoms with E-state index in [9.17, 15) is 9.59 Å². The number of nitrogens with zero attached hydrogens (tertiary/aromatic N) is 5. The quantitative estimate of drug-likeness (QED) is 0.513. The molecule has 1 aliphatic carbocycles. The molecule has 1 saturated carbocycles. The molecule has 2 bridgehead atoms. The summed E-state index contributed by atoms with van der Waals surface area (Å²) in [6, 6.07) is 7.25. The molecule has 1 amide bonds. The van der Waals surface area contributed by atoms with Crippen LogP contribution < -0.4 is 16.2 Å². The molecule has 2 aliphatic rings. The van der Waals surface area contributed by atoms with Crippen molar-refractivity contribution in [2.24, 2.45) is 5.92 Å². The molecule has 2 N–H and O–H groups in total. The van der Waals surface area contributed by atoms with Crippen LogP contribution in [0.1, 0.15) is 57.4 Å². The number of fused-ring (bicyclic) bond motifs is 2. The molecular weight excluding hydrogens is 513 g/mol. The van der Waals surface area contributed by atoms with E-state index < -0.39 is 0 Å². The van der Waals surface area contributed by atoms with Crippen molar-refractivity contribution < 1.29 is 4.79 Å². The first-order valence-electron chi connectivity index (χ1n) is 12.9. The Morgan fingerprint density at radius 2 is 1.89 bits per heavy atom. The van der Waals surface area contributed by atoms with Crippen molar-refractivity contribution in [2.75, 3.05) is 13.1 Å². The fourth-order valence-electron chi connectivity index (χ4n) is 5.63. The van der Waals surface area contributed by atoms with Gasteiger partial charge in [-0.15, -0.1) is 5.10 Å². The number of nitrogens with one attached hydrogen (secondary N) is 2. The molecule has 3 aromatic rings.